The van der Waals surface area contributed by atoms with Crippen LogP contribution < -0.4 is 20.3 Å². The summed E-state index contributed by atoms with van der Waals surface area (Å²) in [6.45, 7) is 3.09. The van der Waals surface area contributed by atoms with Crippen molar-refractivity contribution >= 4 is 35.0 Å². The number of anilines is 2. The summed E-state index contributed by atoms with van der Waals surface area (Å²) < 4.78 is 5.10. The van der Waals surface area contributed by atoms with Gasteiger partial charge in [0.05, 0.1) is 19.3 Å². The van der Waals surface area contributed by atoms with Crippen LogP contribution in [-0.4, -0.2) is 44.8 Å². The molecule has 7 heteroatoms. The van der Waals surface area contributed by atoms with Crippen molar-refractivity contribution in [2.75, 3.05) is 43.6 Å². The summed E-state index contributed by atoms with van der Waals surface area (Å²) in [5.74, 6) is 0.496. The van der Waals surface area contributed by atoms with Gasteiger partial charge in [-0.15, -0.1) is 11.8 Å². The lowest BCUT2D eigenvalue weighted by molar-refractivity contribution is -0.881. The van der Waals surface area contributed by atoms with Crippen molar-refractivity contribution in [3.05, 3.63) is 48.5 Å². The van der Waals surface area contributed by atoms with Gasteiger partial charge in [-0.3, -0.25) is 9.59 Å². The Hall–Kier alpha value is -2.51. The number of likely N-dealkylation sites (N-methyl/N-ethyl adjacent to an activating group) is 1. The van der Waals surface area contributed by atoms with E-state index in [1.54, 1.807) is 43.1 Å². The monoisotopic (exact) mass is 388 g/mol. The van der Waals surface area contributed by atoms with Crippen molar-refractivity contribution in [1.29, 1.82) is 0 Å². The average molecular weight is 389 g/mol. The van der Waals surface area contributed by atoms with E-state index in [1.807, 2.05) is 37.4 Å². The highest BCUT2D eigenvalue weighted by Gasteiger charge is 2.17. The van der Waals surface area contributed by atoms with Gasteiger partial charge >= 0.3 is 0 Å². The first-order valence-corrected chi connectivity index (χ1v) is 9.98. The predicted molar refractivity (Wildman–Crippen MR) is 110 cm³/mol. The lowest BCUT2D eigenvalue weighted by Gasteiger charge is -2.17. The number of carbonyl (C=O) groups is 2. The minimum Gasteiger partial charge on any atom is -0.497 e. The van der Waals surface area contributed by atoms with Gasteiger partial charge in [-0.1, -0.05) is 12.1 Å². The lowest BCUT2D eigenvalue weighted by Crippen LogP contribution is -3.13. The molecule has 0 heterocycles. The number of ether oxygens (including phenoxy) is 1. The molecule has 2 aromatic rings. The van der Waals surface area contributed by atoms with Gasteiger partial charge in [0.2, 0.25) is 0 Å². The average Bonchev–Trinajstić information content (AvgIpc) is 2.68. The molecule has 0 fully saturated rings. The third-order valence-corrected chi connectivity index (χ3v) is 4.87. The summed E-state index contributed by atoms with van der Waals surface area (Å²) in [5.41, 5.74) is 1.50. The summed E-state index contributed by atoms with van der Waals surface area (Å²) in [6.07, 6.45) is 1.97. The minimum absolute atomic E-state index is 0.106. The van der Waals surface area contributed by atoms with Crippen molar-refractivity contribution in [2.24, 2.45) is 0 Å². The van der Waals surface area contributed by atoms with E-state index in [0.29, 0.717) is 12.2 Å². The van der Waals surface area contributed by atoms with E-state index in [2.05, 4.69) is 10.6 Å². The normalized spacial score (nSPS) is 11.5. The van der Waals surface area contributed by atoms with Crippen LogP contribution in [-0.2, 0) is 9.59 Å². The van der Waals surface area contributed by atoms with Gasteiger partial charge in [0, 0.05) is 10.6 Å². The van der Waals surface area contributed by atoms with E-state index in [0.717, 1.165) is 21.2 Å². The molecule has 2 amide bonds. The minimum atomic E-state index is -0.130. The zero-order chi connectivity index (χ0) is 19.6. The molecule has 0 spiro atoms. The van der Waals surface area contributed by atoms with Crippen molar-refractivity contribution in [3.8, 4) is 5.75 Å². The number of quaternary nitrogens is 1. The third-order valence-electron chi connectivity index (χ3n) is 4.08. The summed E-state index contributed by atoms with van der Waals surface area (Å²) in [4.78, 5) is 26.6. The number of carbonyl (C=O) groups excluding carboxylic acids is 2. The number of para-hydroxylation sites is 1. The predicted octanol–water partition coefficient (Wildman–Crippen LogP) is 1.90. The maximum Gasteiger partial charge on any atom is 0.279 e. The van der Waals surface area contributed by atoms with Gasteiger partial charge in [0.15, 0.2) is 13.1 Å². The standard InChI is InChI=1S/C20H25N3O3S/c1-4-23(13-19(24)21-15-9-11-16(26-2)12-10-15)14-20(25)22-17-7-5-6-8-18(17)27-3/h5-12H,4,13-14H2,1-3H3,(H,21,24)(H,22,25)/p+1. The maximum absolute atomic E-state index is 12.4. The van der Waals surface area contributed by atoms with Crippen LogP contribution in [0, 0.1) is 0 Å². The topological polar surface area (TPSA) is 71.9 Å². The Labute approximate surface area is 164 Å². The number of rotatable bonds is 9. The van der Waals surface area contributed by atoms with Crippen LogP contribution in [0.25, 0.3) is 0 Å². The molecule has 1 unspecified atom stereocenters. The van der Waals surface area contributed by atoms with Crippen molar-refractivity contribution < 1.29 is 19.2 Å². The Morgan fingerprint density at radius 3 is 2.22 bits per heavy atom. The van der Waals surface area contributed by atoms with E-state index in [9.17, 15) is 9.59 Å². The molecule has 0 bridgehead atoms. The molecule has 0 aliphatic rings. The molecule has 3 N–H and O–H groups in total. The number of thioether (sulfide) groups is 1. The fraction of sp³-hybridized carbons (Fsp3) is 0.300. The smallest absolute Gasteiger partial charge is 0.279 e. The van der Waals surface area contributed by atoms with Crippen LogP contribution >= 0.6 is 11.8 Å². The van der Waals surface area contributed by atoms with Crippen LogP contribution in [0.15, 0.2) is 53.4 Å². The highest BCUT2D eigenvalue weighted by atomic mass is 32.2. The highest BCUT2D eigenvalue weighted by Crippen LogP contribution is 2.24. The molecule has 0 aliphatic carbocycles. The Morgan fingerprint density at radius 2 is 1.63 bits per heavy atom. The van der Waals surface area contributed by atoms with Crippen LogP contribution in [0.2, 0.25) is 0 Å². The summed E-state index contributed by atoms with van der Waals surface area (Å²) in [5, 5.41) is 5.78. The number of hydrogen-bond donors (Lipinski definition) is 3. The third kappa shape index (κ3) is 6.62. The Kier molecular flexibility index (Phi) is 8.16. The van der Waals surface area contributed by atoms with Crippen LogP contribution in [0.3, 0.4) is 0 Å². The van der Waals surface area contributed by atoms with Gasteiger partial charge < -0.3 is 20.3 Å². The van der Waals surface area contributed by atoms with Crippen LogP contribution in [0.4, 0.5) is 11.4 Å². The fourth-order valence-corrected chi connectivity index (χ4v) is 3.14. The number of benzene rings is 2. The molecule has 0 aromatic heterocycles. The summed E-state index contributed by atoms with van der Waals surface area (Å²) in [6, 6.07) is 14.8. The molecule has 0 saturated carbocycles. The van der Waals surface area contributed by atoms with Gasteiger partial charge in [0.25, 0.3) is 11.8 Å². The molecular weight excluding hydrogens is 362 g/mol. The number of hydrogen-bond acceptors (Lipinski definition) is 4. The van der Waals surface area contributed by atoms with E-state index in [1.165, 1.54) is 0 Å². The number of amides is 2. The van der Waals surface area contributed by atoms with Crippen molar-refractivity contribution in [3.63, 3.8) is 0 Å². The number of methoxy groups -OCH3 is 1. The Morgan fingerprint density at radius 1 is 1.00 bits per heavy atom. The largest absolute Gasteiger partial charge is 0.497 e. The van der Waals surface area contributed by atoms with Gasteiger partial charge in [-0.25, -0.2) is 0 Å². The molecule has 0 radical (unpaired) electrons. The Balaban J connectivity index is 1.88. The quantitative estimate of drug-likeness (QED) is 0.574. The van der Waals surface area contributed by atoms with Crippen LogP contribution in [0.1, 0.15) is 6.92 Å². The van der Waals surface area contributed by atoms with E-state index in [-0.39, 0.29) is 24.9 Å². The van der Waals surface area contributed by atoms with E-state index in [4.69, 9.17) is 4.74 Å². The molecule has 27 heavy (non-hydrogen) atoms. The molecule has 1 atom stereocenters. The van der Waals surface area contributed by atoms with Crippen molar-refractivity contribution in [2.45, 2.75) is 11.8 Å². The highest BCUT2D eigenvalue weighted by molar-refractivity contribution is 7.98. The Bertz CT molecular complexity index is 765. The molecule has 0 aliphatic heterocycles. The van der Waals surface area contributed by atoms with Crippen LogP contribution in [0.5, 0.6) is 5.75 Å². The molecule has 6 nitrogen and oxygen atoms in total. The fourth-order valence-electron chi connectivity index (χ4n) is 2.59. The first kappa shape index (κ1) is 20.8. The zero-order valence-electron chi connectivity index (χ0n) is 15.9. The molecule has 2 aromatic carbocycles. The van der Waals surface area contributed by atoms with Crippen molar-refractivity contribution in [1.82, 2.24) is 0 Å². The van der Waals surface area contributed by atoms with Gasteiger partial charge in [-0.2, -0.15) is 0 Å². The second-order valence-electron chi connectivity index (χ2n) is 5.98. The zero-order valence-corrected chi connectivity index (χ0v) is 16.7. The van der Waals surface area contributed by atoms with Gasteiger partial charge in [0.1, 0.15) is 5.75 Å². The number of nitrogens with one attached hydrogen (secondary N) is 3. The first-order valence-electron chi connectivity index (χ1n) is 8.76. The second-order valence-corrected chi connectivity index (χ2v) is 6.83. The second kappa shape index (κ2) is 10.6. The lowest BCUT2D eigenvalue weighted by atomic mass is 10.3. The van der Waals surface area contributed by atoms with Gasteiger partial charge in [-0.05, 0) is 49.6 Å². The molecular formula is C20H26N3O3S+. The molecule has 2 rings (SSSR count). The molecule has 0 saturated heterocycles. The first-order chi connectivity index (χ1) is 13.0. The summed E-state index contributed by atoms with van der Waals surface area (Å²) >= 11 is 1.58. The van der Waals surface area contributed by atoms with E-state index < -0.39 is 0 Å². The maximum atomic E-state index is 12.4. The molecule has 144 valence electrons. The summed E-state index contributed by atoms with van der Waals surface area (Å²) in [7, 11) is 1.60. The SMILES string of the molecule is CC[NH+](CC(=O)Nc1ccc(OC)cc1)CC(=O)Nc1ccccc1SC. The van der Waals surface area contributed by atoms with E-state index >= 15 is 0 Å².